The molecule has 2 aromatic heterocycles. The van der Waals surface area contributed by atoms with Gasteiger partial charge in [0.2, 0.25) is 0 Å². The number of nitriles is 1. The molecule has 1 aliphatic carbocycles. The molecule has 1 aromatic carbocycles. The van der Waals surface area contributed by atoms with Crippen LogP contribution in [0.3, 0.4) is 0 Å². The summed E-state index contributed by atoms with van der Waals surface area (Å²) in [5.41, 5.74) is 2.68. The minimum atomic E-state index is -0.982. The Morgan fingerprint density at radius 3 is 3.07 bits per heavy atom. The summed E-state index contributed by atoms with van der Waals surface area (Å²) >= 11 is 1.45. The Morgan fingerprint density at radius 2 is 2.30 bits per heavy atom. The van der Waals surface area contributed by atoms with Gasteiger partial charge in [-0.05, 0) is 49.3 Å². The Balaban J connectivity index is 1.52. The Morgan fingerprint density at radius 1 is 1.47 bits per heavy atom. The number of amides is 1. The van der Waals surface area contributed by atoms with E-state index in [4.69, 9.17) is 9.15 Å². The number of anilines is 1. The normalized spacial score (nSPS) is 16.5. The number of hydrogen-bond donors (Lipinski definition) is 1. The van der Waals surface area contributed by atoms with Crippen molar-refractivity contribution >= 4 is 39.3 Å². The smallest absolute Gasteiger partial charge is 0.341 e. The van der Waals surface area contributed by atoms with Crippen molar-refractivity contribution in [1.29, 1.82) is 5.26 Å². The number of hydrogen-bond acceptors (Lipinski definition) is 7. The Labute approximate surface area is 177 Å². The molecule has 8 heteroatoms. The van der Waals surface area contributed by atoms with Crippen molar-refractivity contribution in [3.8, 4) is 6.07 Å². The van der Waals surface area contributed by atoms with E-state index in [1.165, 1.54) is 17.7 Å². The van der Waals surface area contributed by atoms with Crippen LogP contribution in [0.25, 0.3) is 11.1 Å². The van der Waals surface area contributed by atoms with Crippen molar-refractivity contribution < 1.29 is 18.7 Å². The van der Waals surface area contributed by atoms with Crippen molar-refractivity contribution in [3.63, 3.8) is 0 Å². The Hall–Kier alpha value is -3.18. The molecule has 30 heavy (non-hydrogen) atoms. The number of nitrogens with zero attached hydrogens (tertiary/aromatic N) is 2. The van der Waals surface area contributed by atoms with Crippen LogP contribution in [0.15, 0.2) is 29.0 Å². The van der Waals surface area contributed by atoms with Gasteiger partial charge in [-0.3, -0.25) is 4.79 Å². The monoisotopic (exact) mass is 423 g/mol. The van der Waals surface area contributed by atoms with E-state index in [1.54, 1.807) is 25.1 Å². The van der Waals surface area contributed by atoms with Gasteiger partial charge in [-0.2, -0.15) is 5.26 Å². The van der Waals surface area contributed by atoms with Gasteiger partial charge >= 0.3 is 5.97 Å². The highest BCUT2D eigenvalue weighted by Crippen LogP contribution is 2.39. The van der Waals surface area contributed by atoms with Gasteiger partial charge < -0.3 is 14.5 Å². The van der Waals surface area contributed by atoms with E-state index in [2.05, 4.69) is 23.3 Å². The van der Waals surface area contributed by atoms with Gasteiger partial charge in [-0.15, -0.1) is 11.3 Å². The lowest BCUT2D eigenvalue weighted by molar-refractivity contribution is -0.124. The maximum atomic E-state index is 12.8. The minimum Gasteiger partial charge on any atom is -0.449 e. The fourth-order valence-electron chi connectivity index (χ4n) is 3.72. The summed E-state index contributed by atoms with van der Waals surface area (Å²) in [5.74, 6) is -0.521. The molecule has 2 unspecified atom stereocenters. The van der Waals surface area contributed by atoms with E-state index >= 15 is 0 Å². The van der Waals surface area contributed by atoms with Gasteiger partial charge in [0.1, 0.15) is 16.6 Å². The maximum absolute atomic E-state index is 12.8. The maximum Gasteiger partial charge on any atom is 0.341 e. The average Bonchev–Trinajstić information content (AvgIpc) is 3.34. The molecule has 0 fully saturated rings. The van der Waals surface area contributed by atoms with Crippen molar-refractivity contribution in [2.24, 2.45) is 5.92 Å². The molecule has 0 saturated carbocycles. The summed E-state index contributed by atoms with van der Waals surface area (Å²) in [5, 5.41) is 13.0. The number of para-hydroxylation sites is 1. The largest absolute Gasteiger partial charge is 0.449 e. The third kappa shape index (κ3) is 3.68. The zero-order valence-corrected chi connectivity index (χ0v) is 17.5. The molecule has 0 bridgehead atoms. The zero-order chi connectivity index (χ0) is 21.3. The van der Waals surface area contributed by atoms with Gasteiger partial charge in [0, 0.05) is 4.88 Å². The minimum absolute atomic E-state index is 0.241. The molecule has 4 rings (SSSR count). The second kappa shape index (κ2) is 8.28. The quantitative estimate of drug-likeness (QED) is 0.608. The van der Waals surface area contributed by atoms with Gasteiger partial charge in [0.05, 0.1) is 11.1 Å². The first-order valence-electron chi connectivity index (χ1n) is 9.90. The van der Waals surface area contributed by atoms with Gasteiger partial charge in [0.15, 0.2) is 18.1 Å². The number of ether oxygens (including phenoxy) is 1. The predicted octanol–water partition coefficient (Wildman–Crippen LogP) is 4.46. The Bertz CT molecular complexity index is 1160. The van der Waals surface area contributed by atoms with Crippen LogP contribution in [-0.2, 0) is 22.4 Å². The first-order valence-corrected chi connectivity index (χ1v) is 10.7. The zero-order valence-electron chi connectivity index (χ0n) is 16.7. The highest BCUT2D eigenvalue weighted by atomic mass is 32.1. The van der Waals surface area contributed by atoms with Gasteiger partial charge in [0.25, 0.3) is 5.91 Å². The lowest BCUT2D eigenvalue weighted by Gasteiger charge is -2.17. The van der Waals surface area contributed by atoms with E-state index < -0.39 is 18.0 Å². The Kier molecular flexibility index (Phi) is 5.55. The van der Waals surface area contributed by atoms with E-state index in [1.807, 2.05) is 0 Å². The number of fused-ring (bicyclic) bond motifs is 2. The lowest BCUT2D eigenvalue weighted by Crippen LogP contribution is -2.32. The van der Waals surface area contributed by atoms with Crippen LogP contribution < -0.4 is 5.32 Å². The molecule has 0 radical (unpaired) electrons. The van der Waals surface area contributed by atoms with Crippen LogP contribution in [0.1, 0.15) is 53.1 Å². The standard InChI is InChI=1S/C22H21N3O4S/c1-3-16(29-22(27)14-5-4-6-17-19(14)24-11-28-17)20(26)25-21-15(10-23)13-8-7-12(2)9-18(13)30-21/h4-6,11-12,16H,3,7-9H2,1-2H3,(H,25,26). The fourth-order valence-corrected chi connectivity index (χ4v) is 5.08. The summed E-state index contributed by atoms with van der Waals surface area (Å²) in [6.07, 6.45) is 3.38. The van der Waals surface area contributed by atoms with Crippen LogP contribution in [0, 0.1) is 17.2 Å². The van der Waals surface area contributed by atoms with Crippen LogP contribution in [-0.4, -0.2) is 23.0 Å². The van der Waals surface area contributed by atoms with Crippen molar-refractivity contribution in [3.05, 3.63) is 46.2 Å². The number of aromatic nitrogens is 1. The van der Waals surface area contributed by atoms with Crippen molar-refractivity contribution in [2.75, 3.05) is 5.32 Å². The molecule has 3 aromatic rings. The summed E-state index contributed by atoms with van der Waals surface area (Å²) in [7, 11) is 0. The molecule has 0 spiro atoms. The molecule has 0 aliphatic heterocycles. The van der Waals surface area contributed by atoms with Crippen LogP contribution >= 0.6 is 11.3 Å². The first-order chi connectivity index (χ1) is 14.5. The number of rotatable bonds is 5. The molecule has 154 valence electrons. The highest BCUT2D eigenvalue weighted by molar-refractivity contribution is 7.16. The van der Waals surface area contributed by atoms with Crippen molar-refractivity contribution in [2.45, 2.75) is 45.6 Å². The molecular formula is C22H21N3O4S. The van der Waals surface area contributed by atoms with E-state index in [0.29, 0.717) is 34.0 Å². The second-order valence-corrected chi connectivity index (χ2v) is 8.57. The number of carbonyl (C=O) groups is 2. The SMILES string of the molecule is CCC(OC(=O)c1cccc2ocnc12)C(=O)Nc1sc2c(c1C#N)CCC(C)C2. The third-order valence-electron chi connectivity index (χ3n) is 5.35. The molecule has 0 saturated heterocycles. The van der Waals surface area contributed by atoms with Gasteiger partial charge in [-0.1, -0.05) is 19.9 Å². The third-order valence-corrected chi connectivity index (χ3v) is 6.52. The molecule has 7 nitrogen and oxygen atoms in total. The van der Waals surface area contributed by atoms with E-state index in [0.717, 1.165) is 29.7 Å². The molecule has 1 aliphatic rings. The number of nitrogens with one attached hydrogen (secondary N) is 1. The summed E-state index contributed by atoms with van der Waals surface area (Å²) in [6, 6.07) is 7.19. The molecule has 2 heterocycles. The topological polar surface area (TPSA) is 105 Å². The van der Waals surface area contributed by atoms with E-state index in [9.17, 15) is 14.9 Å². The summed E-state index contributed by atoms with van der Waals surface area (Å²) in [6.45, 7) is 3.95. The molecule has 2 atom stereocenters. The van der Waals surface area contributed by atoms with Gasteiger partial charge in [-0.25, -0.2) is 9.78 Å². The highest BCUT2D eigenvalue weighted by Gasteiger charge is 2.28. The first kappa shape index (κ1) is 20.1. The van der Waals surface area contributed by atoms with Crippen molar-refractivity contribution in [1.82, 2.24) is 4.98 Å². The average molecular weight is 423 g/mol. The van der Waals surface area contributed by atoms with Crippen LogP contribution in [0.5, 0.6) is 0 Å². The number of carbonyl (C=O) groups excluding carboxylic acids is 2. The number of benzene rings is 1. The molecule has 1 N–H and O–H groups in total. The van der Waals surface area contributed by atoms with Crippen LogP contribution in [0.4, 0.5) is 5.00 Å². The second-order valence-electron chi connectivity index (χ2n) is 7.46. The lowest BCUT2D eigenvalue weighted by atomic mass is 9.88. The van der Waals surface area contributed by atoms with E-state index in [-0.39, 0.29) is 5.56 Å². The molecular weight excluding hydrogens is 402 g/mol. The fraction of sp³-hybridized carbons (Fsp3) is 0.364. The summed E-state index contributed by atoms with van der Waals surface area (Å²) < 4.78 is 10.7. The number of thiophene rings is 1. The number of esters is 1. The number of oxazole rings is 1. The molecule has 1 amide bonds. The predicted molar refractivity (Wildman–Crippen MR) is 112 cm³/mol. The summed E-state index contributed by atoms with van der Waals surface area (Å²) in [4.78, 5) is 30.7. The van der Waals surface area contributed by atoms with Crippen LogP contribution in [0.2, 0.25) is 0 Å².